The Kier molecular flexibility index (Phi) is 7.31. The number of benzene rings is 1. The second-order valence-electron chi connectivity index (χ2n) is 6.09. The van der Waals surface area contributed by atoms with Gasteiger partial charge in [-0.05, 0) is 43.7 Å². The van der Waals surface area contributed by atoms with Crippen molar-refractivity contribution in [3.63, 3.8) is 0 Å². The van der Waals surface area contributed by atoms with E-state index in [0.29, 0.717) is 24.8 Å². The Balaban J connectivity index is 2.37. The lowest BCUT2D eigenvalue weighted by Gasteiger charge is -2.19. The third-order valence-corrected chi connectivity index (χ3v) is 3.40. The zero-order valence-electron chi connectivity index (χ0n) is 12.9. The van der Waals surface area contributed by atoms with Crippen LogP contribution in [-0.2, 0) is 11.2 Å². The number of hydrogen-bond donors (Lipinski definition) is 2. The van der Waals surface area contributed by atoms with E-state index in [1.165, 1.54) is 5.56 Å². The van der Waals surface area contributed by atoms with Crippen molar-refractivity contribution in [2.24, 2.45) is 17.6 Å². The number of carbonyl (C=O) groups is 1. The van der Waals surface area contributed by atoms with E-state index in [-0.39, 0.29) is 11.9 Å². The van der Waals surface area contributed by atoms with E-state index in [1.807, 2.05) is 25.1 Å². The van der Waals surface area contributed by atoms with Gasteiger partial charge in [0, 0.05) is 12.5 Å². The summed E-state index contributed by atoms with van der Waals surface area (Å²) >= 11 is 0. The molecule has 0 aliphatic heterocycles. The number of amides is 1. The van der Waals surface area contributed by atoms with Gasteiger partial charge in [0.2, 0.25) is 5.91 Å². The molecule has 3 heteroatoms. The molecule has 0 bridgehead atoms. The van der Waals surface area contributed by atoms with Crippen molar-refractivity contribution >= 4 is 5.91 Å². The summed E-state index contributed by atoms with van der Waals surface area (Å²) in [6.07, 6.45) is 2.41. The predicted molar refractivity (Wildman–Crippen MR) is 84.4 cm³/mol. The normalized spacial score (nSPS) is 14.1. The van der Waals surface area contributed by atoms with Crippen LogP contribution in [0.5, 0.6) is 0 Å². The van der Waals surface area contributed by atoms with Crippen molar-refractivity contribution in [1.82, 2.24) is 5.32 Å². The summed E-state index contributed by atoms with van der Waals surface area (Å²) in [6, 6.07) is 10.4. The summed E-state index contributed by atoms with van der Waals surface area (Å²) in [5.41, 5.74) is 6.99. The van der Waals surface area contributed by atoms with Crippen molar-refractivity contribution in [3.8, 4) is 0 Å². The minimum Gasteiger partial charge on any atom is -0.353 e. The first-order chi connectivity index (χ1) is 9.51. The summed E-state index contributed by atoms with van der Waals surface area (Å²) in [5.74, 6) is 0.988. The van der Waals surface area contributed by atoms with Crippen LogP contribution in [0.3, 0.4) is 0 Å². The van der Waals surface area contributed by atoms with Crippen molar-refractivity contribution in [2.45, 2.75) is 46.1 Å². The minimum atomic E-state index is 0.115. The fourth-order valence-electron chi connectivity index (χ4n) is 2.54. The molecular weight excluding hydrogens is 248 g/mol. The molecule has 112 valence electrons. The lowest BCUT2D eigenvalue weighted by molar-refractivity contribution is -0.122. The largest absolute Gasteiger partial charge is 0.353 e. The molecule has 0 radical (unpaired) electrons. The molecule has 0 aromatic heterocycles. The number of rotatable bonds is 8. The molecule has 3 nitrogen and oxygen atoms in total. The van der Waals surface area contributed by atoms with Gasteiger partial charge in [-0.1, -0.05) is 44.2 Å². The highest BCUT2D eigenvalue weighted by molar-refractivity contribution is 5.76. The molecule has 2 atom stereocenters. The maximum atomic E-state index is 12.0. The van der Waals surface area contributed by atoms with Crippen LogP contribution in [0.15, 0.2) is 30.3 Å². The van der Waals surface area contributed by atoms with Crippen LogP contribution in [-0.4, -0.2) is 18.5 Å². The third kappa shape index (κ3) is 6.71. The molecule has 0 heterocycles. The molecule has 0 spiro atoms. The molecule has 0 fully saturated rings. The summed E-state index contributed by atoms with van der Waals surface area (Å²) in [7, 11) is 0. The zero-order valence-corrected chi connectivity index (χ0v) is 12.9. The highest BCUT2D eigenvalue weighted by Crippen LogP contribution is 2.14. The molecule has 1 amide bonds. The second kappa shape index (κ2) is 8.75. The van der Waals surface area contributed by atoms with Crippen LogP contribution in [0, 0.1) is 11.8 Å². The van der Waals surface area contributed by atoms with Gasteiger partial charge in [0.25, 0.3) is 0 Å². The molecule has 1 aromatic carbocycles. The molecule has 1 unspecified atom stereocenters. The number of nitrogens with one attached hydrogen (secondary N) is 1. The first kappa shape index (κ1) is 16.7. The first-order valence-corrected chi connectivity index (χ1v) is 7.54. The van der Waals surface area contributed by atoms with E-state index < -0.39 is 0 Å². The Morgan fingerprint density at radius 3 is 2.40 bits per heavy atom. The highest BCUT2D eigenvalue weighted by Gasteiger charge is 2.15. The maximum Gasteiger partial charge on any atom is 0.220 e. The van der Waals surface area contributed by atoms with Crippen molar-refractivity contribution in [3.05, 3.63) is 35.9 Å². The SMILES string of the molecule is CC(C)C[C@H](CN)CC(=O)NC(C)Cc1ccccc1. The maximum absolute atomic E-state index is 12.0. The summed E-state index contributed by atoms with van der Waals surface area (Å²) in [4.78, 5) is 12.0. The van der Waals surface area contributed by atoms with Gasteiger partial charge in [0.05, 0.1) is 0 Å². The molecule has 20 heavy (non-hydrogen) atoms. The van der Waals surface area contributed by atoms with Crippen molar-refractivity contribution < 1.29 is 4.79 Å². The van der Waals surface area contributed by atoms with Crippen molar-refractivity contribution in [2.75, 3.05) is 6.54 Å². The molecule has 0 aliphatic rings. The standard InChI is InChI=1S/C17H28N2O/c1-13(2)9-16(12-18)11-17(20)19-14(3)10-15-7-5-4-6-8-15/h4-8,13-14,16H,9-12,18H2,1-3H3,(H,19,20)/t14?,16-/m0/s1. The fourth-order valence-corrected chi connectivity index (χ4v) is 2.54. The van der Waals surface area contributed by atoms with Crippen LogP contribution in [0.2, 0.25) is 0 Å². The van der Waals surface area contributed by atoms with Gasteiger partial charge in [-0.25, -0.2) is 0 Å². The smallest absolute Gasteiger partial charge is 0.220 e. The lowest BCUT2D eigenvalue weighted by Crippen LogP contribution is -2.36. The average Bonchev–Trinajstić information content (AvgIpc) is 2.38. The molecule has 1 aromatic rings. The Hall–Kier alpha value is -1.35. The van der Waals surface area contributed by atoms with Crippen LogP contribution in [0.25, 0.3) is 0 Å². The molecule has 3 N–H and O–H groups in total. The fraction of sp³-hybridized carbons (Fsp3) is 0.588. The lowest BCUT2D eigenvalue weighted by atomic mass is 9.94. The number of carbonyl (C=O) groups excluding carboxylic acids is 1. The summed E-state index contributed by atoms with van der Waals surface area (Å²) < 4.78 is 0. The highest BCUT2D eigenvalue weighted by atomic mass is 16.1. The van der Waals surface area contributed by atoms with E-state index >= 15 is 0 Å². The van der Waals surface area contributed by atoms with Crippen molar-refractivity contribution in [1.29, 1.82) is 0 Å². The molecule has 0 saturated heterocycles. The van der Waals surface area contributed by atoms with E-state index in [2.05, 4.69) is 31.3 Å². The van der Waals surface area contributed by atoms with Crippen LogP contribution < -0.4 is 11.1 Å². The molecule has 0 aliphatic carbocycles. The van der Waals surface area contributed by atoms with E-state index in [4.69, 9.17) is 5.73 Å². The Labute approximate surface area is 122 Å². The van der Waals surface area contributed by atoms with Gasteiger partial charge < -0.3 is 11.1 Å². The van der Waals surface area contributed by atoms with E-state index in [1.54, 1.807) is 0 Å². The quantitative estimate of drug-likeness (QED) is 0.767. The summed E-state index contributed by atoms with van der Waals surface area (Å²) in [6.45, 7) is 6.96. The molecule has 1 rings (SSSR count). The van der Waals surface area contributed by atoms with Gasteiger partial charge in [0.15, 0.2) is 0 Å². The van der Waals surface area contributed by atoms with Gasteiger partial charge >= 0.3 is 0 Å². The van der Waals surface area contributed by atoms with Crippen LogP contribution in [0.1, 0.15) is 39.2 Å². The Morgan fingerprint density at radius 2 is 1.85 bits per heavy atom. The monoisotopic (exact) mass is 276 g/mol. The Morgan fingerprint density at radius 1 is 1.20 bits per heavy atom. The second-order valence-corrected chi connectivity index (χ2v) is 6.09. The van der Waals surface area contributed by atoms with Gasteiger partial charge in [-0.15, -0.1) is 0 Å². The van der Waals surface area contributed by atoms with Crippen LogP contribution in [0.4, 0.5) is 0 Å². The predicted octanol–water partition coefficient (Wildman–Crippen LogP) is 2.74. The van der Waals surface area contributed by atoms with Gasteiger partial charge in [0.1, 0.15) is 0 Å². The zero-order chi connectivity index (χ0) is 15.0. The van der Waals surface area contributed by atoms with Gasteiger partial charge in [-0.2, -0.15) is 0 Å². The van der Waals surface area contributed by atoms with Crippen LogP contribution >= 0.6 is 0 Å². The summed E-state index contributed by atoms with van der Waals surface area (Å²) in [5, 5.41) is 3.07. The minimum absolute atomic E-state index is 0.115. The first-order valence-electron chi connectivity index (χ1n) is 7.54. The Bertz CT molecular complexity index is 389. The van der Waals surface area contributed by atoms with E-state index in [9.17, 15) is 4.79 Å². The number of hydrogen-bond acceptors (Lipinski definition) is 2. The third-order valence-electron chi connectivity index (χ3n) is 3.40. The van der Waals surface area contributed by atoms with E-state index in [0.717, 1.165) is 12.8 Å². The molecule has 0 saturated carbocycles. The molecular formula is C17H28N2O. The topological polar surface area (TPSA) is 55.1 Å². The number of nitrogens with two attached hydrogens (primary N) is 1. The van der Waals surface area contributed by atoms with Gasteiger partial charge in [-0.3, -0.25) is 4.79 Å². The average molecular weight is 276 g/mol.